The van der Waals surface area contributed by atoms with Crippen LogP contribution in [0.25, 0.3) is 0 Å². The number of carbonyl (C=O) groups is 1. The van der Waals surface area contributed by atoms with Crippen LogP contribution in [-0.4, -0.2) is 46.9 Å². The van der Waals surface area contributed by atoms with Crippen molar-refractivity contribution in [1.82, 2.24) is 15.2 Å². The summed E-state index contributed by atoms with van der Waals surface area (Å²) in [4.78, 5) is 19.0. The fourth-order valence-electron chi connectivity index (χ4n) is 2.73. The van der Waals surface area contributed by atoms with Crippen LogP contribution in [0.5, 0.6) is 0 Å². The van der Waals surface area contributed by atoms with Gasteiger partial charge in [0.25, 0.3) is 0 Å². The molecule has 4 nitrogen and oxygen atoms in total. The lowest BCUT2D eigenvalue weighted by Crippen LogP contribution is -2.40. The van der Waals surface area contributed by atoms with Crippen molar-refractivity contribution in [2.75, 3.05) is 25.1 Å². The van der Waals surface area contributed by atoms with Crippen LogP contribution in [0.1, 0.15) is 31.4 Å². The Labute approximate surface area is 131 Å². The van der Waals surface area contributed by atoms with E-state index in [9.17, 15) is 4.79 Å². The molecule has 5 heteroatoms. The maximum Gasteiger partial charge on any atom is 0.224 e. The van der Waals surface area contributed by atoms with Gasteiger partial charge in [-0.15, -0.1) is 0 Å². The predicted molar refractivity (Wildman–Crippen MR) is 88.3 cm³/mol. The molecule has 1 N–H and O–H groups in total. The van der Waals surface area contributed by atoms with E-state index in [0.717, 1.165) is 43.8 Å². The van der Waals surface area contributed by atoms with Crippen LogP contribution in [0.2, 0.25) is 0 Å². The average molecular weight is 307 g/mol. The van der Waals surface area contributed by atoms with Gasteiger partial charge in [-0.1, -0.05) is 6.07 Å². The fraction of sp³-hybridized carbons (Fsp3) is 0.625. The van der Waals surface area contributed by atoms with Gasteiger partial charge >= 0.3 is 0 Å². The molecule has 2 rings (SSSR count). The third kappa shape index (κ3) is 5.32. The van der Waals surface area contributed by atoms with Crippen molar-refractivity contribution in [3.8, 4) is 0 Å². The Hall–Kier alpha value is -1.07. The predicted octanol–water partition coefficient (Wildman–Crippen LogP) is 2.31. The first-order valence-corrected chi connectivity index (χ1v) is 9.09. The van der Waals surface area contributed by atoms with Gasteiger partial charge in [-0.2, -0.15) is 11.8 Å². The van der Waals surface area contributed by atoms with Gasteiger partial charge in [0.15, 0.2) is 0 Å². The molecule has 1 aliphatic rings. The van der Waals surface area contributed by atoms with Crippen molar-refractivity contribution in [3.05, 3.63) is 30.1 Å². The Morgan fingerprint density at radius 1 is 1.43 bits per heavy atom. The Kier molecular flexibility index (Phi) is 7.03. The second-order valence-electron chi connectivity index (χ2n) is 5.42. The molecule has 1 unspecified atom stereocenters. The van der Waals surface area contributed by atoms with Crippen LogP contribution in [0.15, 0.2) is 24.4 Å². The van der Waals surface area contributed by atoms with Crippen molar-refractivity contribution in [2.45, 2.75) is 38.3 Å². The summed E-state index contributed by atoms with van der Waals surface area (Å²) >= 11 is 1.73. The van der Waals surface area contributed by atoms with E-state index >= 15 is 0 Å². The molecule has 21 heavy (non-hydrogen) atoms. The highest BCUT2D eigenvalue weighted by Crippen LogP contribution is 2.18. The average Bonchev–Trinajstić information content (AvgIpc) is 2.80. The first-order valence-electron chi connectivity index (χ1n) is 7.70. The highest BCUT2D eigenvalue weighted by atomic mass is 32.2. The van der Waals surface area contributed by atoms with Crippen molar-refractivity contribution in [1.29, 1.82) is 0 Å². The molecule has 0 saturated carbocycles. The van der Waals surface area contributed by atoms with E-state index < -0.39 is 0 Å². The van der Waals surface area contributed by atoms with Crippen LogP contribution in [0.3, 0.4) is 0 Å². The number of carbonyl (C=O) groups excluding carboxylic acids is 1. The Morgan fingerprint density at radius 3 is 3.10 bits per heavy atom. The molecule has 116 valence electrons. The van der Waals surface area contributed by atoms with Crippen LogP contribution in [0.4, 0.5) is 0 Å². The minimum atomic E-state index is 0.266. The zero-order valence-electron chi connectivity index (χ0n) is 12.8. The van der Waals surface area contributed by atoms with E-state index in [0.29, 0.717) is 19.0 Å². The number of thioether (sulfide) groups is 1. The summed E-state index contributed by atoms with van der Waals surface area (Å²) in [5.74, 6) is 1.16. The standard InChI is InChI=1S/C16H25N3OS/c1-21-12-8-16(20)19(13-14-5-2-3-10-18-14)15-6-4-9-17-11-7-15/h2-3,5,10,15,17H,4,6-9,11-13H2,1H3. The minimum absolute atomic E-state index is 0.266. The molecule has 0 spiro atoms. The van der Waals surface area contributed by atoms with Gasteiger partial charge in [0.1, 0.15) is 0 Å². The quantitative estimate of drug-likeness (QED) is 0.876. The summed E-state index contributed by atoms with van der Waals surface area (Å²) in [6, 6.07) is 6.25. The molecule has 1 aromatic heterocycles. The van der Waals surface area contributed by atoms with E-state index in [2.05, 4.69) is 15.2 Å². The number of hydrogen-bond donors (Lipinski definition) is 1. The molecule has 1 fully saturated rings. The summed E-state index contributed by atoms with van der Waals surface area (Å²) in [5, 5.41) is 3.42. The highest BCUT2D eigenvalue weighted by molar-refractivity contribution is 7.98. The van der Waals surface area contributed by atoms with Crippen LogP contribution in [0, 0.1) is 0 Å². The van der Waals surface area contributed by atoms with Crippen molar-refractivity contribution < 1.29 is 4.79 Å². The molecule has 1 atom stereocenters. The summed E-state index contributed by atoms with van der Waals surface area (Å²) < 4.78 is 0. The Bertz CT molecular complexity index is 419. The van der Waals surface area contributed by atoms with Gasteiger partial charge in [-0.3, -0.25) is 9.78 Å². The lowest BCUT2D eigenvalue weighted by atomic mass is 10.1. The Morgan fingerprint density at radius 2 is 2.33 bits per heavy atom. The lowest BCUT2D eigenvalue weighted by Gasteiger charge is -2.31. The summed E-state index contributed by atoms with van der Waals surface area (Å²) in [6.07, 6.45) is 7.74. The molecule has 0 aromatic carbocycles. The molecule has 1 amide bonds. The monoisotopic (exact) mass is 307 g/mol. The summed E-state index contributed by atoms with van der Waals surface area (Å²) in [6.45, 7) is 2.70. The number of amides is 1. The first-order chi connectivity index (χ1) is 10.3. The van der Waals surface area contributed by atoms with Crippen molar-refractivity contribution in [2.24, 2.45) is 0 Å². The smallest absolute Gasteiger partial charge is 0.224 e. The van der Waals surface area contributed by atoms with E-state index in [1.807, 2.05) is 24.5 Å². The second kappa shape index (κ2) is 9.05. The van der Waals surface area contributed by atoms with Gasteiger partial charge in [-0.25, -0.2) is 0 Å². The van der Waals surface area contributed by atoms with Gasteiger partial charge < -0.3 is 10.2 Å². The van der Waals surface area contributed by atoms with Crippen molar-refractivity contribution in [3.63, 3.8) is 0 Å². The largest absolute Gasteiger partial charge is 0.334 e. The van der Waals surface area contributed by atoms with Crippen LogP contribution >= 0.6 is 11.8 Å². The number of nitrogens with zero attached hydrogens (tertiary/aromatic N) is 2. The molecular weight excluding hydrogens is 282 g/mol. The van der Waals surface area contributed by atoms with E-state index in [1.165, 1.54) is 0 Å². The summed E-state index contributed by atoms with van der Waals surface area (Å²) in [5.41, 5.74) is 0.979. The second-order valence-corrected chi connectivity index (χ2v) is 6.41. The van der Waals surface area contributed by atoms with Crippen molar-refractivity contribution >= 4 is 17.7 Å². The normalized spacial score (nSPS) is 19.0. The number of aromatic nitrogens is 1. The molecular formula is C16H25N3OS. The number of pyridine rings is 1. The van der Waals surface area contributed by atoms with E-state index in [-0.39, 0.29) is 5.91 Å². The molecule has 0 bridgehead atoms. The van der Waals surface area contributed by atoms with Gasteiger partial charge in [0, 0.05) is 24.4 Å². The molecule has 0 aliphatic carbocycles. The SMILES string of the molecule is CSCCC(=O)N(Cc1ccccn1)C1CCCNCC1. The number of hydrogen-bond acceptors (Lipinski definition) is 4. The number of nitrogens with one attached hydrogen (secondary N) is 1. The molecule has 0 radical (unpaired) electrons. The van der Waals surface area contributed by atoms with Gasteiger partial charge in [0.2, 0.25) is 5.91 Å². The zero-order valence-corrected chi connectivity index (χ0v) is 13.6. The van der Waals surface area contributed by atoms with Gasteiger partial charge in [-0.05, 0) is 50.7 Å². The van der Waals surface area contributed by atoms with Crippen LogP contribution < -0.4 is 5.32 Å². The minimum Gasteiger partial charge on any atom is -0.334 e. The number of rotatable bonds is 6. The molecule has 2 heterocycles. The topological polar surface area (TPSA) is 45.2 Å². The van der Waals surface area contributed by atoms with E-state index in [1.54, 1.807) is 18.0 Å². The highest BCUT2D eigenvalue weighted by Gasteiger charge is 2.24. The first kappa shape index (κ1) is 16.3. The van der Waals surface area contributed by atoms with E-state index in [4.69, 9.17) is 0 Å². The molecule has 1 saturated heterocycles. The van der Waals surface area contributed by atoms with Gasteiger partial charge in [0.05, 0.1) is 12.2 Å². The lowest BCUT2D eigenvalue weighted by molar-refractivity contribution is -0.134. The zero-order chi connectivity index (χ0) is 14.9. The third-order valence-corrected chi connectivity index (χ3v) is 4.50. The molecule has 1 aliphatic heterocycles. The fourth-order valence-corrected chi connectivity index (χ4v) is 3.11. The maximum atomic E-state index is 12.6. The third-order valence-electron chi connectivity index (χ3n) is 3.88. The molecule has 1 aromatic rings. The van der Waals surface area contributed by atoms with Crippen LogP contribution in [-0.2, 0) is 11.3 Å². The Balaban J connectivity index is 2.06. The summed E-state index contributed by atoms with van der Waals surface area (Å²) in [7, 11) is 0. The maximum absolute atomic E-state index is 12.6.